The Morgan fingerprint density at radius 3 is 2.11 bits per heavy atom. The molecule has 4 aromatic rings. The van der Waals surface area contributed by atoms with Gasteiger partial charge in [-0.15, -0.1) is 0 Å². The monoisotopic (exact) mass is 637 g/mol. The average Bonchev–Trinajstić information content (AvgIpc) is 3.02. The second-order valence-electron chi connectivity index (χ2n) is 10.6. The Morgan fingerprint density at radius 1 is 0.844 bits per heavy atom. The van der Waals surface area contributed by atoms with Crippen molar-refractivity contribution < 1.29 is 31.2 Å². The third kappa shape index (κ3) is 8.10. The molecule has 45 heavy (non-hydrogen) atoms. The largest absolute Gasteiger partial charge is 0.416 e. The summed E-state index contributed by atoms with van der Waals surface area (Å²) in [6.45, 7) is 2.71. The van der Waals surface area contributed by atoms with Crippen LogP contribution in [0.25, 0.3) is 0 Å². The number of benzene rings is 4. The van der Waals surface area contributed by atoms with Crippen LogP contribution in [0.3, 0.4) is 0 Å². The van der Waals surface area contributed by atoms with E-state index in [2.05, 4.69) is 5.32 Å². The lowest BCUT2D eigenvalue weighted by Gasteiger charge is -2.34. The molecule has 0 aliphatic heterocycles. The van der Waals surface area contributed by atoms with Crippen LogP contribution < -0.4 is 9.62 Å². The summed E-state index contributed by atoms with van der Waals surface area (Å²) in [5.74, 6) is -1.25. The SMILES string of the molecule is CNC(=O)C(Cc1ccccc1)N(Cc1ccccc1C)C(=O)CN(c1cccc(C(F)(F)F)c1)S(=O)(=O)c1ccc(C)cc1. The Morgan fingerprint density at radius 2 is 1.49 bits per heavy atom. The molecule has 0 aromatic heterocycles. The van der Waals surface area contributed by atoms with E-state index < -0.39 is 46.2 Å². The summed E-state index contributed by atoms with van der Waals surface area (Å²) in [6, 6.07) is 24.9. The van der Waals surface area contributed by atoms with Gasteiger partial charge in [-0.25, -0.2) is 8.42 Å². The highest BCUT2D eigenvalue weighted by atomic mass is 32.2. The molecule has 0 radical (unpaired) electrons. The van der Waals surface area contributed by atoms with Crippen molar-refractivity contribution in [1.82, 2.24) is 10.2 Å². The van der Waals surface area contributed by atoms with Crippen LogP contribution in [0.15, 0.2) is 108 Å². The van der Waals surface area contributed by atoms with Crippen molar-refractivity contribution in [2.24, 2.45) is 0 Å². The van der Waals surface area contributed by atoms with E-state index in [1.165, 1.54) is 30.1 Å². The highest BCUT2D eigenvalue weighted by Crippen LogP contribution is 2.33. The number of nitrogens with zero attached hydrogens (tertiary/aromatic N) is 2. The summed E-state index contributed by atoms with van der Waals surface area (Å²) in [4.78, 5) is 28.8. The summed E-state index contributed by atoms with van der Waals surface area (Å²) < 4.78 is 69.9. The molecular weight excluding hydrogens is 603 g/mol. The third-order valence-corrected chi connectivity index (χ3v) is 9.26. The molecule has 236 valence electrons. The molecule has 7 nitrogen and oxygen atoms in total. The number of hydrogen-bond acceptors (Lipinski definition) is 4. The van der Waals surface area contributed by atoms with E-state index in [0.717, 1.165) is 34.4 Å². The number of alkyl halides is 3. The number of carbonyl (C=O) groups is 2. The maximum atomic E-state index is 14.3. The lowest BCUT2D eigenvalue weighted by atomic mass is 10.0. The first-order valence-corrected chi connectivity index (χ1v) is 15.6. The van der Waals surface area contributed by atoms with Crippen LogP contribution in [0.5, 0.6) is 0 Å². The number of amides is 2. The van der Waals surface area contributed by atoms with Gasteiger partial charge < -0.3 is 10.2 Å². The zero-order valence-corrected chi connectivity index (χ0v) is 25.9. The molecule has 1 atom stereocenters. The number of carbonyl (C=O) groups excluding carboxylic acids is 2. The zero-order chi connectivity index (χ0) is 32.8. The number of halogens is 3. The minimum Gasteiger partial charge on any atom is -0.357 e. The number of anilines is 1. The Bertz CT molecular complexity index is 1740. The zero-order valence-electron chi connectivity index (χ0n) is 25.1. The van der Waals surface area contributed by atoms with Gasteiger partial charge in [0.25, 0.3) is 10.0 Å². The van der Waals surface area contributed by atoms with Crippen molar-refractivity contribution in [3.63, 3.8) is 0 Å². The predicted molar refractivity (Wildman–Crippen MR) is 167 cm³/mol. The van der Waals surface area contributed by atoms with Crippen LogP contribution in [0.4, 0.5) is 18.9 Å². The number of likely N-dealkylation sites (N-methyl/N-ethyl adjacent to an activating group) is 1. The third-order valence-electron chi connectivity index (χ3n) is 7.47. The molecule has 0 saturated carbocycles. The standard InChI is InChI=1S/C34H34F3N3O4S/c1-24-16-18-30(19-17-24)45(43,44)40(29-15-9-14-28(21-29)34(35,36)37)23-32(41)39(22-27-13-8-7-10-25(27)2)31(33(42)38-3)20-26-11-5-4-6-12-26/h4-19,21,31H,20,22-23H2,1-3H3,(H,38,42). The van der Waals surface area contributed by atoms with E-state index in [4.69, 9.17) is 0 Å². The molecule has 2 amide bonds. The summed E-state index contributed by atoms with van der Waals surface area (Å²) >= 11 is 0. The number of sulfonamides is 1. The van der Waals surface area contributed by atoms with Gasteiger partial charge in [0.05, 0.1) is 16.1 Å². The molecule has 0 saturated heterocycles. The Labute approximate surface area is 261 Å². The molecule has 0 bridgehead atoms. The van der Waals surface area contributed by atoms with Crippen molar-refractivity contribution in [3.8, 4) is 0 Å². The topological polar surface area (TPSA) is 86.8 Å². The molecule has 0 heterocycles. The molecule has 4 rings (SSSR count). The fraction of sp³-hybridized carbons (Fsp3) is 0.235. The minimum atomic E-state index is -4.75. The fourth-order valence-electron chi connectivity index (χ4n) is 4.90. The van der Waals surface area contributed by atoms with Gasteiger partial charge in [0.15, 0.2) is 0 Å². The first kappa shape index (κ1) is 33.3. The van der Waals surface area contributed by atoms with Gasteiger partial charge in [0, 0.05) is 20.0 Å². The summed E-state index contributed by atoms with van der Waals surface area (Å²) in [5, 5.41) is 2.60. The quantitative estimate of drug-likeness (QED) is 0.222. The highest BCUT2D eigenvalue weighted by molar-refractivity contribution is 7.92. The Balaban J connectivity index is 1.84. The van der Waals surface area contributed by atoms with Crippen molar-refractivity contribution in [2.75, 3.05) is 17.9 Å². The maximum Gasteiger partial charge on any atom is 0.416 e. The molecule has 4 aromatic carbocycles. The molecule has 1 N–H and O–H groups in total. The predicted octanol–water partition coefficient (Wildman–Crippen LogP) is 5.90. The molecule has 0 aliphatic carbocycles. The Kier molecular flexibility index (Phi) is 10.3. The Hall–Kier alpha value is -4.64. The number of aryl methyl sites for hydroxylation is 2. The second-order valence-corrected chi connectivity index (χ2v) is 12.5. The second kappa shape index (κ2) is 14.0. The average molecular weight is 638 g/mol. The van der Waals surface area contributed by atoms with E-state index in [1.54, 1.807) is 43.3 Å². The molecule has 0 aliphatic rings. The smallest absolute Gasteiger partial charge is 0.357 e. The van der Waals surface area contributed by atoms with Crippen LogP contribution >= 0.6 is 0 Å². The minimum absolute atomic E-state index is 0.0442. The van der Waals surface area contributed by atoms with Crippen molar-refractivity contribution in [1.29, 1.82) is 0 Å². The first-order chi connectivity index (χ1) is 21.3. The van der Waals surface area contributed by atoms with Gasteiger partial charge in [-0.3, -0.25) is 13.9 Å². The van der Waals surface area contributed by atoms with Crippen LogP contribution in [0, 0.1) is 13.8 Å². The molecule has 1 unspecified atom stereocenters. The summed E-state index contributed by atoms with van der Waals surface area (Å²) in [7, 11) is -3.10. The summed E-state index contributed by atoms with van der Waals surface area (Å²) in [6.07, 6.45) is -4.64. The van der Waals surface area contributed by atoms with Crippen LogP contribution in [0.1, 0.15) is 27.8 Å². The summed E-state index contributed by atoms with van der Waals surface area (Å²) in [5.41, 5.74) is 1.69. The van der Waals surface area contributed by atoms with Gasteiger partial charge in [0.2, 0.25) is 11.8 Å². The van der Waals surface area contributed by atoms with Crippen LogP contribution in [0.2, 0.25) is 0 Å². The van der Waals surface area contributed by atoms with Crippen molar-refractivity contribution in [2.45, 2.75) is 43.9 Å². The van der Waals surface area contributed by atoms with Crippen LogP contribution in [-0.4, -0.2) is 44.8 Å². The van der Waals surface area contributed by atoms with Gasteiger partial charge >= 0.3 is 6.18 Å². The maximum absolute atomic E-state index is 14.3. The van der Waals surface area contributed by atoms with Gasteiger partial charge in [-0.2, -0.15) is 13.2 Å². The van der Waals surface area contributed by atoms with E-state index in [0.29, 0.717) is 10.4 Å². The van der Waals surface area contributed by atoms with Gasteiger partial charge in [-0.05, 0) is 60.9 Å². The van der Waals surface area contributed by atoms with E-state index in [1.807, 2.05) is 37.3 Å². The van der Waals surface area contributed by atoms with Crippen molar-refractivity contribution in [3.05, 3.63) is 131 Å². The highest BCUT2D eigenvalue weighted by Gasteiger charge is 2.36. The van der Waals surface area contributed by atoms with Crippen LogP contribution in [-0.2, 0) is 38.8 Å². The van der Waals surface area contributed by atoms with Gasteiger partial charge in [-0.1, -0.05) is 78.4 Å². The van der Waals surface area contributed by atoms with Gasteiger partial charge in [0.1, 0.15) is 12.6 Å². The number of rotatable bonds is 11. The fourth-order valence-corrected chi connectivity index (χ4v) is 6.30. The molecule has 0 spiro atoms. The normalized spacial score (nSPS) is 12.3. The van der Waals surface area contributed by atoms with E-state index in [-0.39, 0.29) is 23.5 Å². The van der Waals surface area contributed by atoms with Crippen molar-refractivity contribution >= 4 is 27.5 Å². The number of nitrogens with one attached hydrogen (secondary N) is 1. The molecule has 11 heteroatoms. The lowest BCUT2D eigenvalue weighted by Crippen LogP contribution is -2.53. The van der Waals surface area contributed by atoms with E-state index in [9.17, 15) is 31.2 Å². The first-order valence-electron chi connectivity index (χ1n) is 14.2. The van der Waals surface area contributed by atoms with E-state index >= 15 is 0 Å². The number of hydrogen-bond donors (Lipinski definition) is 1. The molecular formula is C34H34F3N3O4S. The molecule has 0 fully saturated rings. The lowest BCUT2D eigenvalue weighted by molar-refractivity contribution is -0.139.